The van der Waals surface area contributed by atoms with Crippen LogP contribution in [-0.2, 0) is 0 Å². The number of hydrogen-bond donors (Lipinski definition) is 3. The topological polar surface area (TPSA) is 117 Å². The third kappa shape index (κ3) is 2.81. The normalized spacial score (nSPS) is 10.0. The molecule has 0 saturated carbocycles. The van der Waals surface area contributed by atoms with Crippen LogP contribution in [0.3, 0.4) is 0 Å². The summed E-state index contributed by atoms with van der Waals surface area (Å²) < 4.78 is 0. The summed E-state index contributed by atoms with van der Waals surface area (Å²) in [5.74, 6) is -3.35. The van der Waals surface area contributed by atoms with E-state index in [1.54, 1.807) is 30.3 Å². The number of anilines is 1. The summed E-state index contributed by atoms with van der Waals surface area (Å²) in [5.41, 5.74) is -0.234. The lowest BCUT2D eigenvalue weighted by atomic mass is 10.2. The number of benzene rings is 1. The Hall–Kier alpha value is -2.74. The lowest BCUT2D eigenvalue weighted by molar-refractivity contribution is 0.0651. The number of aromatic carboxylic acids is 2. The monoisotopic (exact) mass is 292 g/mol. The van der Waals surface area contributed by atoms with Crippen molar-refractivity contribution in [1.29, 1.82) is 0 Å². The molecule has 1 amide bonds. The molecule has 102 valence electrons. The van der Waals surface area contributed by atoms with Crippen molar-refractivity contribution in [2.75, 3.05) is 5.32 Å². The van der Waals surface area contributed by atoms with Crippen molar-refractivity contribution in [1.82, 2.24) is 4.98 Å². The van der Waals surface area contributed by atoms with Gasteiger partial charge in [0.1, 0.15) is 4.88 Å². The van der Waals surface area contributed by atoms with Gasteiger partial charge in [-0.3, -0.25) is 10.1 Å². The molecule has 0 radical (unpaired) electrons. The van der Waals surface area contributed by atoms with Crippen molar-refractivity contribution in [3.63, 3.8) is 0 Å². The Kier molecular flexibility index (Phi) is 3.76. The molecule has 0 aliphatic heterocycles. The van der Waals surface area contributed by atoms with Crippen LogP contribution < -0.4 is 5.32 Å². The van der Waals surface area contributed by atoms with E-state index < -0.39 is 28.4 Å². The number of carbonyl (C=O) groups excluding carboxylic acids is 1. The van der Waals surface area contributed by atoms with Crippen LogP contribution in [0.25, 0.3) is 0 Å². The number of nitrogens with zero attached hydrogens (tertiary/aromatic N) is 1. The zero-order valence-corrected chi connectivity index (χ0v) is 10.7. The van der Waals surface area contributed by atoms with Crippen LogP contribution in [0.5, 0.6) is 0 Å². The minimum Gasteiger partial charge on any atom is -0.477 e. The lowest BCUT2D eigenvalue weighted by Crippen LogP contribution is -2.11. The Labute approximate surface area is 116 Å². The van der Waals surface area contributed by atoms with Gasteiger partial charge in [-0.25, -0.2) is 14.6 Å². The maximum atomic E-state index is 11.8. The summed E-state index contributed by atoms with van der Waals surface area (Å²) in [4.78, 5) is 36.8. The number of carboxylic acids is 2. The van der Waals surface area contributed by atoms with Gasteiger partial charge >= 0.3 is 11.9 Å². The van der Waals surface area contributed by atoms with Crippen LogP contribution in [0.15, 0.2) is 30.3 Å². The van der Waals surface area contributed by atoms with Gasteiger partial charge in [-0.2, -0.15) is 0 Å². The molecule has 1 heterocycles. The van der Waals surface area contributed by atoms with E-state index in [0.717, 1.165) is 0 Å². The number of thiazole rings is 1. The summed E-state index contributed by atoms with van der Waals surface area (Å²) in [6.07, 6.45) is 0. The minimum atomic E-state index is -1.46. The predicted octanol–water partition coefficient (Wildman–Crippen LogP) is 1.79. The first-order valence-electron chi connectivity index (χ1n) is 5.33. The van der Waals surface area contributed by atoms with E-state index in [1.165, 1.54) is 0 Å². The fraction of sp³-hybridized carbons (Fsp3) is 0. The van der Waals surface area contributed by atoms with E-state index in [0.29, 0.717) is 16.9 Å². The predicted molar refractivity (Wildman–Crippen MR) is 70.4 cm³/mol. The average molecular weight is 292 g/mol. The molecule has 0 atom stereocenters. The number of hydrogen-bond acceptors (Lipinski definition) is 5. The van der Waals surface area contributed by atoms with Crippen LogP contribution in [0, 0.1) is 0 Å². The third-order valence-corrected chi connectivity index (χ3v) is 3.24. The van der Waals surface area contributed by atoms with Gasteiger partial charge in [0.15, 0.2) is 10.8 Å². The van der Waals surface area contributed by atoms with Crippen LogP contribution in [-0.4, -0.2) is 33.0 Å². The molecule has 1 aromatic heterocycles. The van der Waals surface area contributed by atoms with Gasteiger partial charge in [-0.05, 0) is 12.1 Å². The highest BCUT2D eigenvalue weighted by Crippen LogP contribution is 2.23. The van der Waals surface area contributed by atoms with E-state index >= 15 is 0 Å². The van der Waals surface area contributed by atoms with Gasteiger partial charge in [0.05, 0.1) is 0 Å². The van der Waals surface area contributed by atoms with Crippen molar-refractivity contribution in [2.24, 2.45) is 0 Å². The molecular formula is C12H8N2O5S. The van der Waals surface area contributed by atoms with Crippen LogP contribution >= 0.6 is 11.3 Å². The largest absolute Gasteiger partial charge is 0.477 e. The van der Waals surface area contributed by atoms with E-state index in [-0.39, 0.29) is 5.13 Å². The highest BCUT2D eigenvalue weighted by atomic mass is 32.1. The second-order valence-electron chi connectivity index (χ2n) is 3.63. The minimum absolute atomic E-state index is 0.0753. The molecule has 0 aliphatic rings. The van der Waals surface area contributed by atoms with Gasteiger partial charge in [0.2, 0.25) is 0 Å². The van der Waals surface area contributed by atoms with E-state index in [4.69, 9.17) is 10.2 Å². The number of aromatic nitrogens is 1. The molecule has 8 heteroatoms. The molecule has 7 nitrogen and oxygen atoms in total. The zero-order valence-electron chi connectivity index (χ0n) is 9.86. The first-order valence-corrected chi connectivity index (χ1v) is 6.14. The number of nitrogens with one attached hydrogen (secondary N) is 1. The summed E-state index contributed by atoms with van der Waals surface area (Å²) in [5, 5.41) is 20.0. The van der Waals surface area contributed by atoms with Gasteiger partial charge < -0.3 is 10.2 Å². The maximum Gasteiger partial charge on any atom is 0.356 e. The second-order valence-corrected chi connectivity index (χ2v) is 4.63. The van der Waals surface area contributed by atoms with E-state index in [2.05, 4.69) is 10.3 Å². The first-order chi connectivity index (χ1) is 9.49. The molecule has 1 aromatic carbocycles. The quantitative estimate of drug-likeness (QED) is 0.791. The highest BCUT2D eigenvalue weighted by molar-refractivity contribution is 7.17. The van der Waals surface area contributed by atoms with Crippen molar-refractivity contribution >= 4 is 34.3 Å². The summed E-state index contributed by atoms with van der Waals surface area (Å²) in [6.45, 7) is 0. The van der Waals surface area contributed by atoms with Gasteiger partial charge in [-0.15, -0.1) is 0 Å². The van der Waals surface area contributed by atoms with Gasteiger partial charge in [0.25, 0.3) is 5.91 Å². The molecule has 0 aliphatic carbocycles. The summed E-state index contributed by atoms with van der Waals surface area (Å²) >= 11 is 0.596. The van der Waals surface area contributed by atoms with E-state index in [1.807, 2.05) is 0 Å². The fourth-order valence-electron chi connectivity index (χ4n) is 1.42. The molecule has 2 rings (SSSR count). The number of rotatable bonds is 4. The third-order valence-electron chi connectivity index (χ3n) is 2.28. The lowest BCUT2D eigenvalue weighted by Gasteiger charge is -2.00. The van der Waals surface area contributed by atoms with Crippen molar-refractivity contribution in [3.8, 4) is 0 Å². The molecule has 0 fully saturated rings. The van der Waals surface area contributed by atoms with Crippen LogP contribution in [0.1, 0.15) is 30.5 Å². The molecule has 3 N–H and O–H groups in total. The van der Waals surface area contributed by atoms with Crippen LogP contribution in [0.2, 0.25) is 0 Å². The standard InChI is InChI=1S/C12H8N2O5S/c15-9(6-4-2-1-3-5-6)14-12-13-7(10(16)17)8(20-12)11(18)19/h1-5H,(H,16,17)(H,18,19)(H,13,14,15). The molecule has 20 heavy (non-hydrogen) atoms. The molecule has 0 bridgehead atoms. The zero-order chi connectivity index (χ0) is 14.7. The summed E-state index contributed by atoms with van der Waals surface area (Å²) in [6, 6.07) is 8.22. The van der Waals surface area contributed by atoms with Gasteiger partial charge in [0, 0.05) is 5.56 Å². The Bertz CT molecular complexity index is 649. The first kappa shape index (κ1) is 13.7. The molecular weight excluding hydrogens is 284 g/mol. The summed E-state index contributed by atoms with van der Waals surface area (Å²) in [7, 11) is 0. The number of carbonyl (C=O) groups is 3. The Morgan fingerprint density at radius 3 is 2.20 bits per heavy atom. The fourth-order valence-corrected chi connectivity index (χ4v) is 2.21. The molecule has 2 aromatic rings. The van der Waals surface area contributed by atoms with Gasteiger partial charge in [-0.1, -0.05) is 29.5 Å². The highest BCUT2D eigenvalue weighted by Gasteiger charge is 2.23. The molecule has 0 unspecified atom stereocenters. The Morgan fingerprint density at radius 2 is 1.70 bits per heavy atom. The van der Waals surface area contributed by atoms with Crippen molar-refractivity contribution < 1.29 is 24.6 Å². The number of carboxylic acid groups (broad SMARTS) is 2. The Morgan fingerprint density at radius 1 is 1.05 bits per heavy atom. The second kappa shape index (κ2) is 5.49. The van der Waals surface area contributed by atoms with Crippen molar-refractivity contribution in [3.05, 3.63) is 46.5 Å². The smallest absolute Gasteiger partial charge is 0.356 e. The average Bonchev–Trinajstić information content (AvgIpc) is 2.84. The maximum absolute atomic E-state index is 11.8. The van der Waals surface area contributed by atoms with E-state index in [9.17, 15) is 14.4 Å². The molecule has 0 saturated heterocycles. The molecule has 0 spiro atoms. The Balaban J connectivity index is 2.27. The van der Waals surface area contributed by atoms with Crippen LogP contribution in [0.4, 0.5) is 5.13 Å². The SMILES string of the molecule is O=C(Nc1nc(C(=O)O)c(C(=O)O)s1)c1ccccc1. The number of amides is 1. The van der Waals surface area contributed by atoms with Crippen molar-refractivity contribution in [2.45, 2.75) is 0 Å².